The molecule has 0 bridgehead atoms. The van der Waals surface area contributed by atoms with Gasteiger partial charge in [-0.05, 0) is 25.2 Å². The van der Waals surface area contributed by atoms with Crippen LogP contribution in [0.1, 0.15) is 10.4 Å². The van der Waals surface area contributed by atoms with Crippen molar-refractivity contribution in [3.8, 4) is 0 Å². The van der Waals surface area contributed by atoms with Gasteiger partial charge in [0.1, 0.15) is 0 Å². The molecule has 3 nitrogen and oxygen atoms in total. The van der Waals surface area contributed by atoms with Crippen LogP contribution in [0, 0.1) is 0 Å². The van der Waals surface area contributed by atoms with Crippen LogP contribution in [0.15, 0.2) is 24.4 Å². The van der Waals surface area contributed by atoms with Crippen molar-refractivity contribution in [3.63, 3.8) is 0 Å². The van der Waals surface area contributed by atoms with Crippen molar-refractivity contribution in [1.29, 1.82) is 0 Å². The first kappa shape index (κ1) is 11.8. The molecule has 0 atom stereocenters. The molecule has 0 aliphatic heterocycles. The maximum Gasteiger partial charge on any atom is 0.152 e. The van der Waals surface area contributed by atoms with E-state index in [1.807, 2.05) is 23.7 Å². The number of benzene rings is 1. The van der Waals surface area contributed by atoms with Crippen molar-refractivity contribution in [2.75, 3.05) is 7.05 Å². The third-order valence-electron chi connectivity index (χ3n) is 2.11. The van der Waals surface area contributed by atoms with Gasteiger partial charge in [-0.1, -0.05) is 11.6 Å². The summed E-state index contributed by atoms with van der Waals surface area (Å²) in [5, 5.41) is 1.56. The Morgan fingerprint density at radius 1 is 1.40 bits per heavy atom. The standard InChI is InChI=1S/C10H8ClNO.CH5N/c1-12-5-7(6-13)9-4-8(11)2-3-10(9)12;1-2/h2-6H,1H3;2H2,1H3. The third-order valence-corrected chi connectivity index (χ3v) is 2.34. The van der Waals surface area contributed by atoms with Crippen LogP contribution < -0.4 is 5.73 Å². The van der Waals surface area contributed by atoms with E-state index in [2.05, 4.69) is 5.73 Å². The first-order valence-corrected chi connectivity index (χ1v) is 4.87. The van der Waals surface area contributed by atoms with Crippen LogP contribution in [0.25, 0.3) is 10.9 Å². The summed E-state index contributed by atoms with van der Waals surface area (Å²) in [6, 6.07) is 5.53. The van der Waals surface area contributed by atoms with E-state index in [1.54, 1.807) is 12.3 Å². The number of carbonyl (C=O) groups excluding carboxylic acids is 1. The van der Waals surface area contributed by atoms with Gasteiger partial charge in [0.05, 0.1) is 0 Å². The van der Waals surface area contributed by atoms with Crippen LogP contribution in [0.5, 0.6) is 0 Å². The van der Waals surface area contributed by atoms with Crippen LogP contribution >= 0.6 is 11.6 Å². The number of hydrogen-bond acceptors (Lipinski definition) is 2. The van der Waals surface area contributed by atoms with Crippen LogP contribution in [0.3, 0.4) is 0 Å². The van der Waals surface area contributed by atoms with Gasteiger partial charge < -0.3 is 10.3 Å². The maximum atomic E-state index is 10.7. The van der Waals surface area contributed by atoms with Crippen molar-refractivity contribution in [3.05, 3.63) is 35.0 Å². The molecule has 1 aromatic carbocycles. The van der Waals surface area contributed by atoms with Crippen LogP contribution in [0.2, 0.25) is 5.02 Å². The number of aldehydes is 1. The Kier molecular flexibility index (Phi) is 3.88. The average Bonchev–Trinajstić information content (AvgIpc) is 2.58. The van der Waals surface area contributed by atoms with Crippen LogP contribution in [-0.2, 0) is 7.05 Å². The Bertz CT molecular complexity index is 477. The summed E-state index contributed by atoms with van der Waals surface area (Å²) in [6.45, 7) is 0. The van der Waals surface area contributed by atoms with Gasteiger partial charge in [-0.3, -0.25) is 4.79 Å². The van der Waals surface area contributed by atoms with Crippen molar-refractivity contribution in [2.24, 2.45) is 12.8 Å². The fraction of sp³-hybridized carbons (Fsp3) is 0.182. The Balaban J connectivity index is 0.000000531. The van der Waals surface area contributed by atoms with E-state index in [9.17, 15) is 4.79 Å². The fourth-order valence-corrected chi connectivity index (χ4v) is 1.66. The summed E-state index contributed by atoms with van der Waals surface area (Å²) in [4.78, 5) is 10.7. The van der Waals surface area contributed by atoms with E-state index in [0.717, 1.165) is 17.2 Å². The predicted octanol–water partition coefficient (Wildman–Crippen LogP) is 2.22. The summed E-state index contributed by atoms with van der Waals surface area (Å²) in [5.74, 6) is 0. The molecule has 0 radical (unpaired) electrons. The minimum atomic E-state index is 0.654. The first-order valence-electron chi connectivity index (χ1n) is 4.50. The number of nitrogens with two attached hydrogens (primary N) is 1. The smallest absolute Gasteiger partial charge is 0.152 e. The minimum absolute atomic E-state index is 0.654. The fourth-order valence-electron chi connectivity index (χ4n) is 1.49. The highest BCUT2D eigenvalue weighted by Crippen LogP contribution is 2.22. The summed E-state index contributed by atoms with van der Waals surface area (Å²) < 4.78 is 1.91. The van der Waals surface area contributed by atoms with Crippen LogP contribution in [0.4, 0.5) is 0 Å². The van der Waals surface area contributed by atoms with Crippen LogP contribution in [-0.4, -0.2) is 17.9 Å². The molecule has 0 unspecified atom stereocenters. The second-order valence-electron chi connectivity index (χ2n) is 2.97. The van der Waals surface area contributed by atoms with Crippen molar-refractivity contribution in [1.82, 2.24) is 4.57 Å². The van der Waals surface area contributed by atoms with E-state index >= 15 is 0 Å². The number of hydrogen-bond donors (Lipinski definition) is 1. The summed E-state index contributed by atoms with van der Waals surface area (Å²) >= 11 is 5.83. The van der Waals surface area contributed by atoms with Gasteiger partial charge in [0, 0.05) is 34.7 Å². The zero-order valence-corrected chi connectivity index (χ0v) is 9.45. The molecule has 0 aliphatic carbocycles. The number of aromatic nitrogens is 1. The molecule has 80 valence electrons. The lowest BCUT2D eigenvalue weighted by atomic mass is 10.2. The molecular formula is C11H13ClN2O. The zero-order valence-electron chi connectivity index (χ0n) is 8.70. The molecule has 15 heavy (non-hydrogen) atoms. The van der Waals surface area contributed by atoms with Crippen molar-refractivity contribution >= 4 is 28.8 Å². The van der Waals surface area contributed by atoms with E-state index in [1.165, 1.54) is 7.05 Å². The van der Waals surface area contributed by atoms with E-state index in [-0.39, 0.29) is 0 Å². The Morgan fingerprint density at radius 2 is 2.07 bits per heavy atom. The van der Waals surface area contributed by atoms with Gasteiger partial charge in [-0.15, -0.1) is 0 Å². The van der Waals surface area contributed by atoms with E-state index in [4.69, 9.17) is 11.6 Å². The maximum absolute atomic E-state index is 10.7. The second-order valence-corrected chi connectivity index (χ2v) is 3.41. The molecule has 2 rings (SSSR count). The summed E-state index contributed by atoms with van der Waals surface area (Å²) in [7, 11) is 3.41. The van der Waals surface area contributed by atoms with E-state index < -0.39 is 0 Å². The molecule has 2 N–H and O–H groups in total. The van der Waals surface area contributed by atoms with Gasteiger partial charge in [-0.25, -0.2) is 0 Å². The molecular weight excluding hydrogens is 212 g/mol. The molecule has 1 aromatic heterocycles. The average molecular weight is 225 g/mol. The molecule has 0 aliphatic rings. The van der Waals surface area contributed by atoms with Crippen molar-refractivity contribution in [2.45, 2.75) is 0 Å². The quantitative estimate of drug-likeness (QED) is 0.756. The highest BCUT2D eigenvalue weighted by atomic mass is 35.5. The number of aryl methyl sites for hydroxylation is 1. The van der Waals surface area contributed by atoms with Gasteiger partial charge in [-0.2, -0.15) is 0 Å². The molecule has 1 heterocycles. The van der Waals surface area contributed by atoms with Gasteiger partial charge in [0.15, 0.2) is 6.29 Å². The lowest BCUT2D eigenvalue weighted by molar-refractivity contribution is 0.112. The lowest BCUT2D eigenvalue weighted by Gasteiger charge is -1.95. The second kappa shape index (κ2) is 4.96. The molecule has 0 saturated carbocycles. The minimum Gasteiger partial charge on any atom is -0.350 e. The normalized spacial score (nSPS) is 9.60. The number of halogens is 1. The molecule has 0 saturated heterocycles. The monoisotopic (exact) mass is 224 g/mol. The zero-order chi connectivity index (χ0) is 11.4. The lowest BCUT2D eigenvalue weighted by Crippen LogP contribution is -1.82. The molecule has 4 heteroatoms. The topological polar surface area (TPSA) is 48.0 Å². The summed E-state index contributed by atoms with van der Waals surface area (Å²) in [6.07, 6.45) is 2.65. The largest absolute Gasteiger partial charge is 0.350 e. The third kappa shape index (κ3) is 2.19. The van der Waals surface area contributed by atoms with Gasteiger partial charge >= 0.3 is 0 Å². The number of carbonyl (C=O) groups is 1. The van der Waals surface area contributed by atoms with Gasteiger partial charge in [0.25, 0.3) is 0 Å². The Labute approximate surface area is 93.4 Å². The molecule has 2 aromatic rings. The van der Waals surface area contributed by atoms with E-state index in [0.29, 0.717) is 10.6 Å². The highest BCUT2D eigenvalue weighted by Gasteiger charge is 2.05. The van der Waals surface area contributed by atoms with Gasteiger partial charge in [0.2, 0.25) is 0 Å². The Morgan fingerprint density at radius 3 is 2.67 bits per heavy atom. The SMILES string of the molecule is CN.Cn1cc(C=O)c2cc(Cl)ccc21. The molecule has 0 fully saturated rings. The first-order chi connectivity index (χ1) is 7.22. The predicted molar refractivity (Wildman–Crippen MR) is 63.4 cm³/mol. The Hall–Kier alpha value is -1.32. The highest BCUT2D eigenvalue weighted by molar-refractivity contribution is 6.31. The number of nitrogens with zero attached hydrogens (tertiary/aromatic N) is 1. The molecule has 0 amide bonds. The molecule has 0 spiro atoms. The number of rotatable bonds is 1. The van der Waals surface area contributed by atoms with Crippen molar-refractivity contribution < 1.29 is 4.79 Å². The summed E-state index contributed by atoms with van der Waals surface area (Å²) in [5.41, 5.74) is 6.20. The number of fused-ring (bicyclic) bond motifs is 1.